The zero-order chi connectivity index (χ0) is 13.3. The molecule has 100 valence electrons. The number of carbonyl (C=O) groups excluding carboxylic acids is 2. The number of hydrogen-bond acceptors (Lipinski definition) is 3. The van der Waals surface area contributed by atoms with Crippen molar-refractivity contribution in [1.82, 2.24) is 0 Å². The maximum atomic E-state index is 11.4. The zero-order valence-electron chi connectivity index (χ0n) is 11.6. The first kappa shape index (κ1) is 16.3. The number of carbonyl (C=O) groups is 2. The number of Topliss-reactive ketones (excluding diaryl/α,β-unsaturated/α-hetero) is 2. The average Bonchev–Trinajstić information content (AvgIpc) is 2.25. The molecule has 0 aliphatic rings. The summed E-state index contributed by atoms with van der Waals surface area (Å²) in [6.45, 7) is 7.92. The lowest BCUT2D eigenvalue weighted by atomic mass is 10.0. The summed E-state index contributed by atoms with van der Waals surface area (Å²) in [6, 6.07) is 0. The Morgan fingerprint density at radius 2 is 1.53 bits per heavy atom. The van der Waals surface area contributed by atoms with Crippen LogP contribution in [0.5, 0.6) is 0 Å². The molecular weight excluding hydrogens is 216 g/mol. The van der Waals surface area contributed by atoms with Gasteiger partial charge in [-0.3, -0.25) is 9.59 Å². The molecule has 0 unspecified atom stereocenters. The number of ether oxygens (including phenoxy) is 1. The van der Waals surface area contributed by atoms with Gasteiger partial charge in [0.1, 0.15) is 12.4 Å². The van der Waals surface area contributed by atoms with Gasteiger partial charge in [0.05, 0.1) is 6.10 Å². The van der Waals surface area contributed by atoms with Gasteiger partial charge in [0.2, 0.25) is 0 Å². The van der Waals surface area contributed by atoms with Gasteiger partial charge < -0.3 is 4.74 Å². The van der Waals surface area contributed by atoms with Gasteiger partial charge in [0.25, 0.3) is 0 Å². The van der Waals surface area contributed by atoms with Crippen molar-refractivity contribution >= 4 is 11.6 Å². The molecule has 0 aromatic carbocycles. The molecule has 0 N–H and O–H groups in total. The summed E-state index contributed by atoms with van der Waals surface area (Å²) in [6.07, 6.45) is 4.05. The average molecular weight is 242 g/mol. The van der Waals surface area contributed by atoms with Crippen LogP contribution < -0.4 is 0 Å². The Morgan fingerprint density at radius 3 is 2.06 bits per heavy atom. The fourth-order valence-electron chi connectivity index (χ4n) is 1.42. The number of unbranched alkanes of at least 4 members (excludes halogenated alkanes) is 2. The smallest absolute Gasteiger partial charge is 0.158 e. The van der Waals surface area contributed by atoms with Gasteiger partial charge in [0, 0.05) is 18.8 Å². The third-order valence-electron chi connectivity index (χ3n) is 2.60. The Balaban J connectivity index is 3.39. The van der Waals surface area contributed by atoms with Gasteiger partial charge in [-0.25, -0.2) is 0 Å². The zero-order valence-corrected chi connectivity index (χ0v) is 11.6. The minimum Gasteiger partial charge on any atom is -0.371 e. The molecule has 0 radical (unpaired) electrons. The van der Waals surface area contributed by atoms with Crippen molar-refractivity contribution in [3.8, 4) is 0 Å². The summed E-state index contributed by atoms with van der Waals surface area (Å²) in [7, 11) is 0. The summed E-state index contributed by atoms with van der Waals surface area (Å²) in [5.74, 6) is 0.615. The van der Waals surface area contributed by atoms with E-state index in [4.69, 9.17) is 4.74 Å². The molecule has 0 aliphatic carbocycles. The van der Waals surface area contributed by atoms with Crippen LogP contribution in [-0.2, 0) is 14.3 Å². The minimum absolute atomic E-state index is 0.114. The molecule has 17 heavy (non-hydrogen) atoms. The fourth-order valence-corrected chi connectivity index (χ4v) is 1.42. The van der Waals surface area contributed by atoms with Crippen molar-refractivity contribution in [3.05, 3.63) is 0 Å². The molecule has 3 nitrogen and oxygen atoms in total. The van der Waals surface area contributed by atoms with Crippen LogP contribution in [0.2, 0.25) is 0 Å². The lowest BCUT2D eigenvalue weighted by Crippen LogP contribution is -2.13. The highest BCUT2D eigenvalue weighted by Gasteiger charge is 2.07. The van der Waals surface area contributed by atoms with Crippen LogP contribution in [0.1, 0.15) is 59.8 Å². The Morgan fingerprint density at radius 1 is 0.941 bits per heavy atom. The first-order chi connectivity index (χ1) is 7.93. The molecule has 0 rings (SSSR count). The molecule has 0 atom stereocenters. The molecule has 0 bridgehead atoms. The highest BCUT2D eigenvalue weighted by atomic mass is 16.5. The van der Waals surface area contributed by atoms with Crippen LogP contribution in [0, 0.1) is 5.92 Å². The monoisotopic (exact) mass is 242 g/mol. The summed E-state index contributed by atoms with van der Waals surface area (Å²) in [5, 5.41) is 0. The topological polar surface area (TPSA) is 43.4 Å². The van der Waals surface area contributed by atoms with Crippen molar-refractivity contribution in [3.63, 3.8) is 0 Å². The largest absolute Gasteiger partial charge is 0.371 e. The SMILES string of the molecule is CC(C)OCC(=O)CCCCCC(=O)C(C)C. The van der Waals surface area contributed by atoms with Crippen molar-refractivity contribution in [2.45, 2.75) is 65.9 Å². The highest BCUT2D eigenvalue weighted by Crippen LogP contribution is 2.08. The molecular formula is C14H26O3. The van der Waals surface area contributed by atoms with Crippen LogP contribution in [0.3, 0.4) is 0 Å². The molecule has 0 spiro atoms. The highest BCUT2D eigenvalue weighted by molar-refractivity contribution is 5.80. The summed E-state index contributed by atoms with van der Waals surface area (Å²) < 4.78 is 5.23. The van der Waals surface area contributed by atoms with Gasteiger partial charge in [-0.05, 0) is 26.7 Å². The Labute approximate surface area is 105 Å². The molecule has 0 aromatic rings. The van der Waals surface area contributed by atoms with E-state index in [9.17, 15) is 9.59 Å². The maximum Gasteiger partial charge on any atom is 0.158 e. The van der Waals surface area contributed by atoms with E-state index in [1.807, 2.05) is 27.7 Å². The van der Waals surface area contributed by atoms with E-state index in [-0.39, 0.29) is 24.4 Å². The van der Waals surface area contributed by atoms with Crippen LogP contribution in [0.4, 0.5) is 0 Å². The Kier molecular flexibility index (Phi) is 8.96. The van der Waals surface area contributed by atoms with Crippen LogP contribution in [-0.4, -0.2) is 24.3 Å². The van der Waals surface area contributed by atoms with Gasteiger partial charge in [-0.15, -0.1) is 0 Å². The van der Waals surface area contributed by atoms with E-state index < -0.39 is 0 Å². The molecule has 0 aromatic heterocycles. The lowest BCUT2D eigenvalue weighted by Gasteiger charge is -2.06. The van der Waals surface area contributed by atoms with Crippen molar-refractivity contribution in [2.24, 2.45) is 5.92 Å². The third-order valence-corrected chi connectivity index (χ3v) is 2.60. The summed E-state index contributed by atoms with van der Waals surface area (Å²) in [4.78, 5) is 22.7. The van der Waals surface area contributed by atoms with Crippen LogP contribution in [0.25, 0.3) is 0 Å². The fraction of sp³-hybridized carbons (Fsp3) is 0.857. The normalized spacial score (nSPS) is 11.2. The van der Waals surface area contributed by atoms with Crippen LogP contribution >= 0.6 is 0 Å². The van der Waals surface area contributed by atoms with E-state index in [0.29, 0.717) is 18.6 Å². The van der Waals surface area contributed by atoms with Gasteiger partial charge in [0.15, 0.2) is 5.78 Å². The van der Waals surface area contributed by atoms with Crippen molar-refractivity contribution in [1.29, 1.82) is 0 Å². The first-order valence-corrected chi connectivity index (χ1v) is 6.59. The quantitative estimate of drug-likeness (QED) is 0.553. The van der Waals surface area contributed by atoms with E-state index in [0.717, 1.165) is 19.3 Å². The van der Waals surface area contributed by atoms with E-state index in [2.05, 4.69) is 0 Å². The second-order valence-corrected chi connectivity index (χ2v) is 5.08. The molecule has 0 fully saturated rings. The standard InChI is InChI=1S/C14H26O3/c1-11(2)14(16)9-7-5-6-8-13(15)10-17-12(3)4/h11-12H,5-10H2,1-4H3. The van der Waals surface area contributed by atoms with Crippen molar-refractivity contribution in [2.75, 3.05) is 6.61 Å². The van der Waals surface area contributed by atoms with Crippen molar-refractivity contribution < 1.29 is 14.3 Å². The van der Waals surface area contributed by atoms with E-state index in [1.54, 1.807) is 0 Å². The van der Waals surface area contributed by atoms with E-state index in [1.165, 1.54) is 0 Å². The number of rotatable bonds is 10. The third kappa shape index (κ3) is 10.2. The maximum absolute atomic E-state index is 11.4. The molecule has 3 heteroatoms. The second-order valence-electron chi connectivity index (χ2n) is 5.08. The van der Waals surface area contributed by atoms with E-state index >= 15 is 0 Å². The summed E-state index contributed by atoms with van der Waals surface area (Å²) in [5.41, 5.74) is 0. The summed E-state index contributed by atoms with van der Waals surface area (Å²) >= 11 is 0. The number of hydrogen-bond donors (Lipinski definition) is 0. The lowest BCUT2D eigenvalue weighted by molar-refractivity contribution is -0.125. The number of ketones is 2. The Hall–Kier alpha value is -0.700. The second kappa shape index (κ2) is 9.34. The molecule has 0 saturated carbocycles. The predicted octanol–water partition coefficient (Wildman–Crippen LogP) is 3.16. The molecule has 0 heterocycles. The minimum atomic E-state index is 0.114. The van der Waals surface area contributed by atoms with Crippen LogP contribution in [0.15, 0.2) is 0 Å². The molecule has 0 aliphatic heterocycles. The van der Waals surface area contributed by atoms with Gasteiger partial charge >= 0.3 is 0 Å². The Bertz CT molecular complexity index is 232. The van der Waals surface area contributed by atoms with Gasteiger partial charge in [-0.1, -0.05) is 20.3 Å². The first-order valence-electron chi connectivity index (χ1n) is 6.59. The molecule has 0 amide bonds. The molecule has 0 saturated heterocycles. The van der Waals surface area contributed by atoms with Gasteiger partial charge in [-0.2, -0.15) is 0 Å². The predicted molar refractivity (Wildman–Crippen MR) is 69.0 cm³/mol.